The monoisotopic (exact) mass is 316 g/mol. The minimum absolute atomic E-state index is 0.298. The first kappa shape index (κ1) is 15.2. The number of carbonyl (C=O) groups excluding carboxylic acids is 1. The molecule has 2 aromatic rings. The van der Waals surface area contributed by atoms with E-state index < -0.39 is 0 Å². The third-order valence-corrected chi connectivity index (χ3v) is 3.76. The Kier molecular flexibility index (Phi) is 4.36. The molecule has 1 aliphatic rings. The van der Waals surface area contributed by atoms with Crippen molar-refractivity contribution in [1.82, 2.24) is 15.5 Å². The van der Waals surface area contributed by atoms with E-state index >= 15 is 0 Å². The zero-order valence-electron chi connectivity index (χ0n) is 13.2. The van der Waals surface area contributed by atoms with Gasteiger partial charge in [0.15, 0.2) is 17.3 Å². The van der Waals surface area contributed by atoms with Crippen LogP contribution in [-0.2, 0) is 6.54 Å². The van der Waals surface area contributed by atoms with Gasteiger partial charge >= 0.3 is 6.03 Å². The van der Waals surface area contributed by atoms with Crippen LogP contribution in [0.15, 0.2) is 24.3 Å². The topological polar surface area (TPSA) is 88.3 Å². The molecule has 23 heavy (non-hydrogen) atoms. The van der Waals surface area contributed by atoms with Crippen LogP contribution < -0.4 is 20.1 Å². The maximum atomic E-state index is 11.9. The highest BCUT2D eigenvalue weighted by Crippen LogP contribution is 2.39. The van der Waals surface area contributed by atoms with E-state index in [1.165, 1.54) is 12.8 Å². The van der Waals surface area contributed by atoms with E-state index in [1.54, 1.807) is 14.2 Å². The number of aromatic amines is 1. The van der Waals surface area contributed by atoms with Crippen molar-refractivity contribution in [1.29, 1.82) is 0 Å². The van der Waals surface area contributed by atoms with Crippen molar-refractivity contribution >= 4 is 11.8 Å². The minimum atomic E-state index is -0.298. The van der Waals surface area contributed by atoms with E-state index in [4.69, 9.17) is 9.47 Å². The number of nitrogens with zero attached hydrogens (tertiary/aromatic N) is 1. The van der Waals surface area contributed by atoms with Gasteiger partial charge in [-0.3, -0.25) is 10.4 Å². The lowest BCUT2D eigenvalue weighted by molar-refractivity contribution is 0.251. The Morgan fingerprint density at radius 3 is 2.74 bits per heavy atom. The van der Waals surface area contributed by atoms with Crippen LogP contribution in [0.25, 0.3) is 0 Å². The van der Waals surface area contributed by atoms with Crippen molar-refractivity contribution in [2.75, 3.05) is 19.5 Å². The molecule has 0 radical (unpaired) electrons. The number of rotatable bonds is 6. The second-order valence-electron chi connectivity index (χ2n) is 5.48. The Morgan fingerprint density at radius 2 is 2.04 bits per heavy atom. The van der Waals surface area contributed by atoms with E-state index in [0.717, 1.165) is 11.3 Å². The second kappa shape index (κ2) is 6.60. The number of aromatic nitrogens is 2. The molecular weight excluding hydrogens is 296 g/mol. The Labute approximate surface area is 134 Å². The number of hydrogen-bond donors (Lipinski definition) is 3. The van der Waals surface area contributed by atoms with E-state index in [1.807, 2.05) is 24.3 Å². The zero-order chi connectivity index (χ0) is 16.2. The molecule has 0 atom stereocenters. The van der Waals surface area contributed by atoms with E-state index in [0.29, 0.717) is 29.8 Å². The quantitative estimate of drug-likeness (QED) is 0.764. The van der Waals surface area contributed by atoms with Crippen LogP contribution in [0, 0.1) is 0 Å². The van der Waals surface area contributed by atoms with Gasteiger partial charge in [-0.25, -0.2) is 4.79 Å². The fraction of sp³-hybridized carbons (Fsp3) is 0.375. The molecule has 7 heteroatoms. The van der Waals surface area contributed by atoms with Crippen molar-refractivity contribution in [2.45, 2.75) is 25.3 Å². The summed E-state index contributed by atoms with van der Waals surface area (Å²) in [5.74, 6) is 2.41. The molecule has 1 aromatic carbocycles. The van der Waals surface area contributed by atoms with Crippen molar-refractivity contribution in [3.05, 3.63) is 35.5 Å². The van der Waals surface area contributed by atoms with Gasteiger partial charge in [-0.2, -0.15) is 5.10 Å². The van der Waals surface area contributed by atoms with Crippen LogP contribution in [0.5, 0.6) is 11.5 Å². The fourth-order valence-corrected chi connectivity index (χ4v) is 2.34. The zero-order valence-corrected chi connectivity index (χ0v) is 13.2. The summed E-state index contributed by atoms with van der Waals surface area (Å²) in [6.07, 6.45) is 2.38. The summed E-state index contributed by atoms with van der Waals surface area (Å²) in [7, 11) is 3.17. The summed E-state index contributed by atoms with van der Waals surface area (Å²) in [6.45, 7) is 0.381. The summed E-state index contributed by atoms with van der Waals surface area (Å²) in [4.78, 5) is 11.9. The first-order chi connectivity index (χ1) is 11.2. The average molecular weight is 316 g/mol. The van der Waals surface area contributed by atoms with Crippen molar-refractivity contribution < 1.29 is 14.3 Å². The molecule has 0 saturated heterocycles. The lowest BCUT2D eigenvalue weighted by atomic mass is 10.2. The molecule has 1 aromatic heterocycles. The molecule has 3 N–H and O–H groups in total. The number of nitrogens with one attached hydrogen (secondary N) is 3. The number of H-pyrrole nitrogens is 1. The average Bonchev–Trinajstić information content (AvgIpc) is 3.32. The standard InChI is InChI=1S/C16H20N4O3/c1-22-13-6-3-10(7-14(13)23-2)9-17-16(21)18-15-8-12(19-20-15)11-4-5-11/h3,6-8,11H,4-5,9H2,1-2H3,(H3,17,18,19,20,21). The second-order valence-corrected chi connectivity index (χ2v) is 5.48. The normalized spacial score (nSPS) is 13.5. The SMILES string of the molecule is COc1ccc(CNC(=O)Nc2cc(C3CC3)[nH]n2)cc1OC. The third kappa shape index (κ3) is 3.74. The lowest BCUT2D eigenvalue weighted by Gasteiger charge is -2.10. The van der Waals surface area contributed by atoms with Crippen LogP contribution in [0.1, 0.15) is 30.0 Å². The lowest BCUT2D eigenvalue weighted by Crippen LogP contribution is -2.28. The Bertz CT molecular complexity index is 694. The van der Waals surface area contributed by atoms with Crippen LogP contribution in [0.3, 0.4) is 0 Å². The van der Waals surface area contributed by atoms with Crippen LogP contribution in [0.2, 0.25) is 0 Å². The molecule has 3 rings (SSSR count). The number of anilines is 1. The molecule has 0 aliphatic heterocycles. The van der Waals surface area contributed by atoms with Gasteiger partial charge in [0.05, 0.1) is 14.2 Å². The Balaban J connectivity index is 1.53. The molecule has 1 aliphatic carbocycles. The molecule has 1 heterocycles. The van der Waals surface area contributed by atoms with Gasteiger partial charge in [-0.05, 0) is 30.5 Å². The maximum absolute atomic E-state index is 11.9. The summed E-state index contributed by atoms with van der Waals surface area (Å²) >= 11 is 0. The minimum Gasteiger partial charge on any atom is -0.493 e. The molecule has 1 fully saturated rings. The van der Waals surface area contributed by atoms with E-state index in [2.05, 4.69) is 20.8 Å². The molecule has 7 nitrogen and oxygen atoms in total. The van der Waals surface area contributed by atoms with Gasteiger partial charge < -0.3 is 14.8 Å². The number of ether oxygens (including phenoxy) is 2. The van der Waals surface area contributed by atoms with Crippen LogP contribution >= 0.6 is 0 Å². The first-order valence-electron chi connectivity index (χ1n) is 7.50. The molecule has 1 saturated carbocycles. The highest BCUT2D eigenvalue weighted by molar-refractivity contribution is 5.88. The summed E-state index contributed by atoms with van der Waals surface area (Å²) < 4.78 is 10.4. The third-order valence-electron chi connectivity index (χ3n) is 3.76. The predicted molar refractivity (Wildman–Crippen MR) is 86.0 cm³/mol. The maximum Gasteiger partial charge on any atom is 0.320 e. The van der Waals surface area contributed by atoms with E-state index in [9.17, 15) is 4.79 Å². The van der Waals surface area contributed by atoms with Gasteiger partial charge in [0.25, 0.3) is 0 Å². The summed E-state index contributed by atoms with van der Waals surface area (Å²) in [6, 6.07) is 7.10. The van der Waals surface area contributed by atoms with Crippen molar-refractivity contribution in [3.63, 3.8) is 0 Å². The van der Waals surface area contributed by atoms with Gasteiger partial charge in [-0.1, -0.05) is 6.07 Å². The van der Waals surface area contributed by atoms with Crippen LogP contribution in [0.4, 0.5) is 10.6 Å². The largest absolute Gasteiger partial charge is 0.493 e. The number of urea groups is 1. The highest BCUT2D eigenvalue weighted by atomic mass is 16.5. The molecule has 2 amide bonds. The highest BCUT2D eigenvalue weighted by Gasteiger charge is 2.25. The fourth-order valence-electron chi connectivity index (χ4n) is 2.34. The molecular formula is C16H20N4O3. The number of methoxy groups -OCH3 is 2. The molecule has 0 spiro atoms. The number of benzene rings is 1. The summed E-state index contributed by atoms with van der Waals surface area (Å²) in [5.41, 5.74) is 2.00. The molecule has 0 bridgehead atoms. The molecule has 122 valence electrons. The predicted octanol–water partition coefficient (Wildman–Crippen LogP) is 2.63. The molecule has 0 unspecified atom stereocenters. The number of carbonyl (C=O) groups is 1. The summed E-state index contributed by atoms with van der Waals surface area (Å²) in [5, 5.41) is 12.5. The Hall–Kier alpha value is -2.70. The van der Waals surface area contributed by atoms with Gasteiger partial charge in [0.2, 0.25) is 0 Å². The van der Waals surface area contributed by atoms with Gasteiger partial charge in [0, 0.05) is 24.2 Å². The van der Waals surface area contributed by atoms with Crippen LogP contribution in [-0.4, -0.2) is 30.4 Å². The number of amides is 2. The van der Waals surface area contributed by atoms with Gasteiger partial charge in [-0.15, -0.1) is 0 Å². The van der Waals surface area contributed by atoms with Crippen molar-refractivity contribution in [2.24, 2.45) is 0 Å². The van der Waals surface area contributed by atoms with Gasteiger partial charge in [0.1, 0.15) is 0 Å². The number of hydrogen-bond acceptors (Lipinski definition) is 4. The first-order valence-corrected chi connectivity index (χ1v) is 7.50. The van der Waals surface area contributed by atoms with E-state index in [-0.39, 0.29) is 6.03 Å². The van der Waals surface area contributed by atoms with Crippen molar-refractivity contribution in [3.8, 4) is 11.5 Å². The Morgan fingerprint density at radius 1 is 1.26 bits per heavy atom. The smallest absolute Gasteiger partial charge is 0.320 e.